The van der Waals surface area contributed by atoms with E-state index in [1.165, 1.54) is 0 Å². The lowest BCUT2D eigenvalue weighted by atomic mass is 10.0. The summed E-state index contributed by atoms with van der Waals surface area (Å²) < 4.78 is 17.4. The highest BCUT2D eigenvalue weighted by atomic mass is 16.5. The quantitative estimate of drug-likeness (QED) is 0.535. The van der Waals surface area contributed by atoms with Crippen molar-refractivity contribution in [2.24, 2.45) is 0 Å². The van der Waals surface area contributed by atoms with Crippen LogP contribution < -0.4 is 14.2 Å². The molecule has 6 nitrogen and oxygen atoms in total. The van der Waals surface area contributed by atoms with Crippen molar-refractivity contribution in [1.29, 1.82) is 5.26 Å². The van der Waals surface area contributed by atoms with Gasteiger partial charge in [0.1, 0.15) is 5.75 Å². The van der Waals surface area contributed by atoms with Gasteiger partial charge in [-0.3, -0.25) is 4.79 Å². The molecule has 2 aliphatic rings. The Labute approximate surface area is 199 Å². The fraction of sp³-hybridized carbons (Fsp3) is 0.286. The van der Waals surface area contributed by atoms with Crippen molar-refractivity contribution in [3.05, 3.63) is 77.9 Å². The van der Waals surface area contributed by atoms with Crippen LogP contribution in [0.15, 0.2) is 66.7 Å². The van der Waals surface area contributed by atoms with Gasteiger partial charge in [0, 0.05) is 13.0 Å². The number of nitriles is 1. The number of nitrogens with zero attached hydrogens (tertiary/aromatic N) is 2. The first-order valence-corrected chi connectivity index (χ1v) is 11.6. The molecule has 0 radical (unpaired) electrons. The van der Waals surface area contributed by atoms with Crippen molar-refractivity contribution in [3.63, 3.8) is 0 Å². The molecule has 5 rings (SSSR count). The van der Waals surface area contributed by atoms with E-state index < -0.39 is 0 Å². The van der Waals surface area contributed by atoms with Gasteiger partial charge in [0.15, 0.2) is 18.1 Å². The highest BCUT2D eigenvalue weighted by Gasteiger charge is 2.31. The lowest BCUT2D eigenvalue weighted by molar-refractivity contribution is -0.134. The molecule has 1 amide bonds. The average molecular weight is 455 g/mol. The van der Waals surface area contributed by atoms with Crippen molar-refractivity contribution in [2.75, 3.05) is 26.4 Å². The van der Waals surface area contributed by atoms with E-state index in [1.807, 2.05) is 59.5 Å². The van der Waals surface area contributed by atoms with Crippen molar-refractivity contribution in [3.8, 4) is 34.4 Å². The first-order valence-electron chi connectivity index (χ1n) is 11.6. The number of likely N-dealkylation sites (tertiary alicyclic amines) is 1. The number of benzene rings is 3. The van der Waals surface area contributed by atoms with Crippen LogP contribution in [-0.2, 0) is 4.79 Å². The number of amides is 1. The molecule has 1 saturated heterocycles. The van der Waals surface area contributed by atoms with Crippen molar-refractivity contribution >= 4 is 5.91 Å². The summed E-state index contributed by atoms with van der Waals surface area (Å²) in [5, 5.41) is 8.95. The Kier molecular flexibility index (Phi) is 6.35. The van der Waals surface area contributed by atoms with Crippen LogP contribution in [0.25, 0.3) is 11.1 Å². The van der Waals surface area contributed by atoms with E-state index in [0.29, 0.717) is 24.5 Å². The fourth-order valence-corrected chi connectivity index (χ4v) is 4.51. The smallest absolute Gasteiger partial charge is 0.261 e. The Bertz CT molecular complexity index is 1200. The molecule has 0 aliphatic carbocycles. The van der Waals surface area contributed by atoms with Gasteiger partial charge in [0.05, 0.1) is 30.9 Å². The maximum absolute atomic E-state index is 13.0. The van der Waals surface area contributed by atoms with Gasteiger partial charge >= 0.3 is 0 Å². The molecule has 0 saturated carbocycles. The van der Waals surface area contributed by atoms with Crippen LogP contribution in [-0.4, -0.2) is 37.2 Å². The highest BCUT2D eigenvalue weighted by Crippen LogP contribution is 2.38. The molecule has 1 atom stereocenters. The fourth-order valence-electron chi connectivity index (χ4n) is 4.51. The number of carbonyl (C=O) groups excluding carboxylic acids is 1. The molecule has 3 aromatic rings. The normalized spacial score (nSPS) is 17.0. The zero-order chi connectivity index (χ0) is 23.3. The third kappa shape index (κ3) is 4.69. The molecule has 0 N–H and O–H groups in total. The van der Waals surface area contributed by atoms with E-state index in [1.54, 1.807) is 12.1 Å². The van der Waals surface area contributed by atoms with Gasteiger partial charge in [0.25, 0.3) is 5.91 Å². The van der Waals surface area contributed by atoms with Crippen LogP contribution in [0.5, 0.6) is 17.2 Å². The lowest BCUT2D eigenvalue weighted by Gasteiger charge is -2.25. The van der Waals surface area contributed by atoms with Gasteiger partial charge in [-0.15, -0.1) is 0 Å². The van der Waals surface area contributed by atoms with Crippen LogP contribution in [0.1, 0.15) is 36.4 Å². The molecule has 2 heterocycles. The van der Waals surface area contributed by atoms with E-state index >= 15 is 0 Å². The summed E-state index contributed by atoms with van der Waals surface area (Å²) in [7, 11) is 0. The highest BCUT2D eigenvalue weighted by molar-refractivity contribution is 5.78. The van der Waals surface area contributed by atoms with Gasteiger partial charge in [-0.2, -0.15) is 5.26 Å². The number of carbonyl (C=O) groups is 1. The van der Waals surface area contributed by atoms with E-state index in [4.69, 9.17) is 19.5 Å². The molecule has 0 aromatic heterocycles. The predicted molar refractivity (Wildman–Crippen MR) is 128 cm³/mol. The average Bonchev–Trinajstić information content (AvgIpc) is 3.26. The minimum Gasteiger partial charge on any atom is -0.490 e. The minimum atomic E-state index is -0.0224. The van der Waals surface area contributed by atoms with Crippen LogP contribution in [0, 0.1) is 11.3 Å². The SMILES string of the molecule is N#Cc1ccc(-c2ccc(OCC(=O)N3CCCC3c3ccc4c(c3)OCCCO4)cc2)cc1. The molecular weight excluding hydrogens is 428 g/mol. The van der Waals surface area contributed by atoms with Crippen molar-refractivity contribution < 1.29 is 19.0 Å². The number of fused-ring (bicyclic) bond motifs is 1. The second-order valence-electron chi connectivity index (χ2n) is 8.50. The second-order valence-corrected chi connectivity index (χ2v) is 8.50. The van der Waals surface area contributed by atoms with Crippen LogP contribution in [0.2, 0.25) is 0 Å². The zero-order valence-corrected chi connectivity index (χ0v) is 18.9. The first kappa shape index (κ1) is 21.8. The topological polar surface area (TPSA) is 71.8 Å². The largest absolute Gasteiger partial charge is 0.490 e. The van der Waals surface area contributed by atoms with Gasteiger partial charge in [0.2, 0.25) is 0 Å². The Balaban J connectivity index is 1.22. The van der Waals surface area contributed by atoms with Crippen molar-refractivity contribution in [2.45, 2.75) is 25.3 Å². The van der Waals surface area contributed by atoms with Crippen LogP contribution in [0.4, 0.5) is 0 Å². The Morgan fingerprint density at radius 1 is 0.941 bits per heavy atom. The lowest BCUT2D eigenvalue weighted by Crippen LogP contribution is -2.34. The monoisotopic (exact) mass is 454 g/mol. The molecule has 3 aromatic carbocycles. The summed E-state index contributed by atoms with van der Waals surface area (Å²) in [4.78, 5) is 14.9. The molecule has 172 valence electrons. The Morgan fingerprint density at radius 2 is 1.65 bits per heavy atom. The maximum Gasteiger partial charge on any atom is 0.261 e. The molecule has 2 aliphatic heterocycles. The molecule has 1 fully saturated rings. The molecule has 0 bridgehead atoms. The number of rotatable bonds is 5. The summed E-state index contributed by atoms with van der Waals surface area (Å²) in [5.41, 5.74) is 3.75. The van der Waals surface area contributed by atoms with Gasteiger partial charge in [-0.05, 0) is 65.9 Å². The molecular formula is C28H26N2O4. The summed E-state index contributed by atoms with van der Waals surface area (Å²) >= 11 is 0. The number of hydrogen-bond acceptors (Lipinski definition) is 5. The summed E-state index contributed by atoms with van der Waals surface area (Å²) in [5.74, 6) is 2.15. The standard InChI is InChI=1S/C28H26N2O4/c29-18-20-4-6-21(7-5-20)22-8-11-24(12-9-22)34-19-28(31)30-14-1-3-25(30)23-10-13-26-27(17-23)33-16-2-15-32-26/h4-13,17,25H,1-3,14-16,19H2. The number of hydrogen-bond donors (Lipinski definition) is 0. The molecule has 1 unspecified atom stereocenters. The summed E-state index contributed by atoms with van der Waals surface area (Å²) in [6.45, 7) is 2.02. The van der Waals surface area contributed by atoms with E-state index in [2.05, 4.69) is 6.07 Å². The van der Waals surface area contributed by atoms with Crippen LogP contribution >= 0.6 is 0 Å². The van der Waals surface area contributed by atoms with Crippen molar-refractivity contribution in [1.82, 2.24) is 4.90 Å². The zero-order valence-electron chi connectivity index (χ0n) is 18.9. The first-order chi connectivity index (χ1) is 16.7. The third-order valence-corrected chi connectivity index (χ3v) is 6.29. The maximum atomic E-state index is 13.0. The van der Waals surface area contributed by atoms with E-state index in [-0.39, 0.29) is 18.6 Å². The molecule has 6 heteroatoms. The third-order valence-electron chi connectivity index (χ3n) is 6.29. The number of ether oxygens (including phenoxy) is 3. The van der Waals surface area contributed by atoms with Crippen LogP contribution in [0.3, 0.4) is 0 Å². The minimum absolute atomic E-state index is 0.00271. The predicted octanol–water partition coefficient (Wildman–Crippen LogP) is 5.13. The summed E-state index contributed by atoms with van der Waals surface area (Å²) in [6.07, 6.45) is 2.75. The van der Waals surface area contributed by atoms with Gasteiger partial charge < -0.3 is 19.1 Å². The molecule has 34 heavy (non-hydrogen) atoms. The Hall–Kier alpha value is -3.98. The van der Waals surface area contributed by atoms with E-state index in [0.717, 1.165) is 54.0 Å². The van der Waals surface area contributed by atoms with Gasteiger partial charge in [-0.1, -0.05) is 30.3 Å². The summed E-state index contributed by atoms with van der Waals surface area (Å²) in [6, 6.07) is 23.2. The molecule has 0 spiro atoms. The second kappa shape index (κ2) is 9.88. The van der Waals surface area contributed by atoms with Gasteiger partial charge in [-0.25, -0.2) is 0 Å². The Morgan fingerprint density at radius 3 is 2.38 bits per heavy atom. The van der Waals surface area contributed by atoms with E-state index in [9.17, 15) is 4.79 Å².